The number of ether oxygens (including phenoxy) is 1. The molecule has 0 amide bonds. The van der Waals surface area contributed by atoms with Crippen LogP contribution in [0.3, 0.4) is 0 Å². The van der Waals surface area contributed by atoms with Crippen molar-refractivity contribution in [2.24, 2.45) is 17.8 Å². The van der Waals surface area contributed by atoms with Crippen LogP contribution >= 0.6 is 0 Å². The largest absolute Gasteiger partial charge is 0.497 e. The molecule has 1 aromatic rings. The Morgan fingerprint density at radius 3 is 2.20 bits per heavy atom. The molecule has 20 heavy (non-hydrogen) atoms. The number of hydrogen-bond acceptors (Lipinski definition) is 2. The molecule has 3 unspecified atom stereocenters. The minimum absolute atomic E-state index is 0.591. The molecule has 0 aromatic heterocycles. The van der Waals surface area contributed by atoms with E-state index in [1.54, 1.807) is 7.11 Å². The highest BCUT2D eigenvalue weighted by atomic mass is 16.5. The van der Waals surface area contributed by atoms with Crippen molar-refractivity contribution in [3.8, 4) is 5.75 Å². The Kier molecular flexibility index (Phi) is 5.47. The lowest BCUT2D eigenvalue weighted by Crippen LogP contribution is -2.39. The predicted molar refractivity (Wildman–Crippen MR) is 85.2 cm³/mol. The summed E-state index contributed by atoms with van der Waals surface area (Å²) >= 11 is 0. The van der Waals surface area contributed by atoms with E-state index in [2.05, 4.69) is 50.5 Å². The average Bonchev–Trinajstić information content (AvgIpc) is 2.44. The molecule has 1 aliphatic rings. The molecule has 0 heterocycles. The smallest absolute Gasteiger partial charge is 0.118 e. The van der Waals surface area contributed by atoms with Gasteiger partial charge in [0.05, 0.1) is 7.11 Å². The zero-order chi connectivity index (χ0) is 14.5. The molecule has 0 spiro atoms. The molecule has 1 aliphatic carbocycles. The van der Waals surface area contributed by atoms with Crippen LogP contribution in [0.4, 0.5) is 0 Å². The van der Waals surface area contributed by atoms with Crippen LogP contribution in [0.25, 0.3) is 0 Å². The summed E-state index contributed by atoms with van der Waals surface area (Å²) in [5, 5.41) is 3.56. The number of methoxy groups -OCH3 is 1. The second-order valence-electron chi connectivity index (χ2n) is 6.62. The highest BCUT2D eigenvalue weighted by molar-refractivity contribution is 5.27. The molecule has 1 N–H and O–H groups in total. The van der Waals surface area contributed by atoms with Gasteiger partial charge in [0.25, 0.3) is 0 Å². The first kappa shape index (κ1) is 15.4. The van der Waals surface area contributed by atoms with Gasteiger partial charge < -0.3 is 10.1 Å². The molecular formula is C18H29NO. The number of hydrogen-bond donors (Lipinski definition) is 1. The maximum absolute atomic E-state index is 5.23. The van der Waals surface area contributed by atoms with Crippen molar-refractivity contribution in [3.63, 3.8) is 0 Å². The standard InChI is InChI=1S/C18H29NO/c1-13-9-14(2)11-16(10-13)18(19-3)12-15-5-7-17(20-4)8-6-15/h5-8,13-14,16,18-19H,9-12H2,1-4H3. The van der Waals surface area contributed by atoms with Gasteiger partial charge in [-0.25, -0.2) is 0 Å². The molecule has 1 aromatic carbocycles. The SMILES string of the molecule is CNC(Cc1ccc(OC)cc1)C1CC(C)CC(C)C1. The molecular weight excluding hydrogens is 246 g/mol. The topological polar surface area (TPSA) is 21.3 Å². The van der Waals surface area contributed by atoms with E-state index in [9.17, 15) is 0 Å². The zero-order valence-electron chi connectivity index (χ0n) is 13.4. The lowest BCUT2D eigenvalue weighted by atomic mass is 9.73. The van der Waals surface area contributed by atoms with Crippen molar-refractivity contribution in [3.05, 3.63) is 29.8 Å². The van der Waals surface area contributed by atoms with Gasteiger partial charge in [-0.3, -0.25) is 0 Å². The molecule has 0 saturated heterocycles. The fraction of sp³-hybridized carbons (Fsp3) is 0.667. The Balaban J connectivity index is 2.00. The Hall–Kier alpha value is -1.02. The normalized spacial score (nSPS) is 28.1. The lowest BCUT2D eigenvalue weighted by molar-refractivity contribution is 0.179. The molecule has 2 nitrogen and oxygen atoms in total. The fourth-order valence-corrected chi connectivity index (χ4v) is 3.86. The van der Waals surface area contributed by atoms with Crippen LogP contribution in [0.15, 0.2) is 24.3 Å². The van der Waals surface area contributed by atoms with E-state index in [1.807, 2.05) is 0 Å². The minimum Gasteiger partial charge on any atom is -0.497 e. The molecule has 0 bridgehead atoms. The van der Waals surface area contributed by atoms with Gasteiger partial charge in [0, 0.05) is 6.04 Å². The van der Waals surface area contributed by atoms with E-state index in [0.717, 1.165) is 29.9 Å². The van der Waals surface area contributed by atoms with Gasteiger partial charge in [0.2, 0.25) is 0 Å². The Bertz CT molecular complexity index is 390. The summed E-state index contributed by atoms with van der Waals surface area (Å²) in [6.45, 7) is 4.81. The zero-order valence-corrected chi connectivity index (χ0v) is 13.4. The lowest BCUT2D eigenvalue weighted by Gasteiger charge is -2.36. The van der Waals surface area contributed by atoms with E-state index in [0.29, 0.717) is 6.04 Å². The van der Waals surface area contributed by atoms with E-state index in [1.165, 1.54) is 24.8 Å². The van der Waals surface area contributed by atoms with E-state index in [-0.39, 0.29) is 0 Å². The Morgan fingerprint density at radius 2 is 1.70 bits per heavy atom. The van der Waals surface area contributed by atoms with Crippen molar-refractivity contribution in [2.75, 3.05) is 14.2 Å². The van der Waals surface area contributed by atoms with Crippen molar-refractivity contribution in [2.45, 2.75) is 45.6 Å². The van der Waals surface area contributed by atoms with Gasteiger partial charge in [-0.05, 0) is 68.2 Å². The third kappa shape index (κ3) is 3.99. The average molecular weight is 275 g/mol. The summed E-state index contributed by atoms with van der Waals surface area (Å²) in [6, 6.07) is 9.11. The summed E-state index contributed by atoms with van der Waals surface area (Å²) in [6.07, 6.45) is 5.25. The van der Waals surface area contributed by atoms with Crippen molar-refractivity contribution < 1.29 is 4.74 Å². The van der Waals surface area contributed by atoms with Crippen LogP contribution in [-0.4, -0.2) is 20.2 Å². The maximum Gasteiger partial charge on any atom is 0.118 e. The van der Waals surface area contributed by atoms with Gasteiger partial charge in [0.15, 0.2) is 0 Å². The van der Waals surface area contributed by atoms with E-state index >= 15 is 0 Å². The summed E-state index contributed by atoms with van der Waals surface area (Å²) in [4.78, 5) is 0. The first-order valence-electron chi connectivity index (χ1n) is 7.92. The number of nitrogens with one attached hydrogen (secondary N) is 1. The maximum atomic E-state index is 5.23. The van der Waals surface area contributed by atoms with Crippen LogP contribution < -0.4 is 10.1 Å². The highest BCUT2D eigenvalue weighted by Crippen LogP contribution is 2.35. The Morgan fingerprint density at radius 1 is 1.10 bits per heavy atom. The van der Waals surface area contributed by atoms with Crippen LogP contribution in [0.1, 0.15) is 38.7 Å². The van der Waals surface area contributed by atoms with E-state index < -0.39 is 0 Å². The third-order valence-corrected chi connectivity index (χ3v) is 4.77. The number of likely N-dealkylation sites (N-methyl/N-ethyl adjacent to an activating group) is 1. The van der Waals surface area contributed by atoms with Crippen LogP contribution in [0, 0.1) is 17.8 Å². The monoisotopic (exact) mass is 275 g/mol. The van der Waals surface area contributed by atoms with Gasteiger partial charge in [-0.2, -0.15) is 0 Å². The Labute approximate surface area is 123 Å². The molecule has 2 rings (SSSR count). The first-order valence-corrected chi connectivity index (χ1v) is 7.92. The van der Waals surface area contributed by atoms with Crippen molar-refractivity contribution in [1.82, 2.24) is 5.32 Å². The molecule has 1 saturated carbocycles. The third-order valence-electron chi connectivity index (χ3n) is 4.77. The summed E-state index contributed by atoms with van der Waals surface area (Å²) in [7, 11) is 3.83. The highest BCUT2D eigenvalue weighted by Gasteiger charge is 2.29. The summed E-state index contributed by atoms with van der Waals surface area (Å²) in [5.74, 6) is 3.49. The van der Waals surface area contributed by atoms with Gasteiger partial charge in [0.1, 0.15) is 5.75 Å². The number of rotatable bonds is 5. The molecule has 3 atom stereocenters. The quantitative estimate of drug-likeness (QED) is 0.880. The van der Waals surface area contributed by atoms with Crippen molar-refractivity contribution in [1.29, 1.82) is 0 Å². The van der Waals surface area contributed by atoms with Gasteiger partial charge in [-0.1, -0.05) is 26.0 Å². The fourth-order valence-electron chi connectivity index (χ4n) is 3.86. The van der Waals surface area contributed by atoms with E-state index in [4.69, 9.17) is 4.74 Å². The van der Waals surface area contributed by atoms with Crippen LogP contribution in [0.2, 0.25) is 0 Å². The molecule has 1 fully saturated rings. The predicted octanol–water partition coefficient (Wildman–Crippen LogP) is 3.90. The molecule has 0 aliphatic heterocycles. The van der Waals surface area contributed by atoms with Crippen LogP contribution in [-0.2, 0) is 6.42 Å². The second kappa shape index (κ2) is 7.12. The molecule has 0 radical (unpaired) electrons. The minimum atomic E-state index is 0.591. The first-order chi connectivity index (χ1) is 9.62. The summed E-state index contributed by atoms with van der Waals surface area (Å²) < 4.78 is 5.23. The van der Waals surface area contributed by atoms with Gasteiger partial charge >= 0.3 is 0 Å². The second-order valence-corrected chi connectivity index (χ2v) is 6.62. The van der Waals surface area contributed by atoms with Crippen LogP contribution in [0.5, 0.6) is 5.75 Å². The van der Waals surface area contributed by atoms with Gasteiger partial charge in [-0.15, -0.1) is 0 Å². The van der Waals surface area contributed by atoms with Crippen molar-refractivity contribution >= 4 is 0 Å². The number of benzene rings is 1. The summed E-state index contributed by atoms with van der Waals surface area (Å²) in [5.41, 5.74) is 1.40. The molecule has 2 heteroatoms. The molecule has 112 valence electrons.